The third-order valence-corrected chi connectivity index (χ3v) is 6.68. The number of amides is 2. The third kappa shape index (κ3) is 5.23. The summed E-state index contributed by atoms with van der Waals surface area (Å²) in [6.45, 7) is 8.34. The van der Waals surface area contributed by atoms with Gasteiger partial charge in [0.15, 0.2) is 11.6 Å². The molecule has 2 amide bonds. The number of carbonyl (C=O) groups excluding carboxylic acids is 4. The van der Waals surface area contributed by atoms with Gasteiger partial charge in [0.05, 0.1) is 23.7 Å². The molecule has 0 aromatic heterocycles. The van der Waals surface area contributed by atoms with Crippen LogP contribution in [0, 0.1) is 5.41 Å². The number of nitrogens with one attached hydrogen (secondary N) is 1. The second-order valence-electron chi connectivity index (χ2n) is 9.88. The van der Waals surface area contributed by atoms with Crippen LogP contribution < -0.4 is 10.2 Å². The van der Waals surface area contributed by atoms with Crippen LogP contribution in [0.2, 0.25) is 0 Å². The first-order valence-corrected chi connectivity index (χ1v) is 11.6. The van der Waals surface area contributed by atoms with Crippen LogP contribution in [0.3, 0.4) is 0 Å². The fraction of sp³-hybridized carbons (Fsp3) is 0.520. The maximum atomic E-state index is 12.9. The molecule has 4 rings (SSSR count). The average Bonchev–Trinajstić information content (AvgIpc) is 3.07. The minimum atomic E-state index is -0.393. The summed E-state index contributed by atoms with van der Waals surface area (Å²) in [5, 5.41) is 3.13. The predicted molar refractivity (Wildman–Crippen MR) is 124 cm³/mol. The zero-order valence-corrected chi connectivity index (χ0v) is 19.4. The molecule has 0 radical (unpaired) electrons. The van der Waals surface area contributed by atoms with Crippen LogP contribution in [0.4, 0.5) is 5.69 Å². The van der Waals surface area contributed by atoms with Crippen molar-refractivity contribution in [2.45, 2.75) is 39.2 Å². The van der Waals surface area contributed by atoms with E-state index in [0.29, 0.717) is 25.1 Å². The first kappa shape index (κ1) is 23.3. The monoisotopic (exact) mass is 452 g/mol. The minimum Gasteiger partial charge on any atom is -0.389 e. The minimum absolute atomic E-state index is 0.0855. The Bertz CT molecular complexity index is 942. The van der Waals surface area contributed by atoms with Crippen molar-refractivity contribution in [3.63, 3.8) is 0 Å². The highest BCUT2D eigenvalue weighted by atomic mass is 16.2. The van der Waals surface area contributed by atoms with Gasteiger partial charge in [0.2, 0.25) is 5.91 Å². The van der Waals surface area contributed by atoms with Gasteiger partial charge in [0, 0.05) is 58.3 Å². The second-order valence-corrected chi connectivity index (χ2v) is 9.88. The van der Waals surface area contributed by atoms with Crippen LogP contribution in [0.15, 0.2) is 42.1 Å². The number of hydrogen-bond acceptors (Lipinski definition) is 7. The first-order valence-electron chi connectivity index (χ1n) is 11.6. The summed E-state index contributed by atoms with van der Waals surface area (Å²) in [6, 6.07) is 8.69. The van der Waals surface area contributed by atoms with Gasteiger partial charge in [0.25, 0.3) is 5.91 Å². The van der Waals surface area contributed by atoms with Crippen molar-refractivity contribution in [2.75, 3.05) is 44.2 Å². The van der Waals surface area contributed by atoms with Gasteiger partial charge in [-0.2, -0.15) is 0 Å². The molecule has 1 unspecified atom stereocenters. The summed E-state index contributed by atoms with van der Waals surface area (Å²) < 4.78 is 0. The Balaban J connectivity index is 1.23. The van der Waals surface area contributed by atoms with Crippen LogP contribution in [0.1, 0.15) is 33.1 Å². The average molecular weight is 453 g/mol. The largest absolute Gasteiger partial charge is 0.389 e. The van der Waals surface area contributed by atoms with E-state index in [1.807, 2.05) is 32.0 Å². The van der Waals surface area contributed by atoms with E-state index >= 15 is 0 Å². The predicted octanol–water partition coefficient (Wildman–Crippen LogP) is 1.37. The Morgan fingerprint density at radius 1 is 0.970 bits per heavy atom. The molecule has 1 atom stereocenters. The molecule has 1 N–H and O–H groups in total. The number of nitrogens with zero attached hydrogens (tertiary/aromatic N) is 3. The fourth-order valence-corrected chi connectivity index (χ4v) is 4.88. The van der Waals surface area contributed by atoms with E-state index < -0.39 is 6.04 Å². The van der Waals surface area contributed by atoms with Crippen molar-refractivity contribution in [3.8, 4) is 0 Å². The standard InChI is InChI=1S/C25H32N4O4/c1-25(2)15-21(30)19(22(31)16-25)17-26-8-9-27-10-12-28(13-11-27)20-14-23(32)29(24(20)33)18-6-4-3-5-7-18/h3-7,17,20,26H,8-16H2,1-2H3. The number of para-hydroxylation sites is 1. The van der Waals surface area contributed by atoms with Crippen LogP contribution in [-0.2, 0) is 19.2 Å². The highest BCUT2D eigenvalue weighted by Crippen LogP contribution is 2.33. The lowest BCUT2D eigenvalue weighted by molar-refractivity contribution is -0.127. The zero-order chi connectivity index (χ0) is 23.6. The molecular weight excluding hydrogens is 420 g/mol. The number of benzene rings is 1. The molecule has 1 saturated carbocycles. The van der Waals surface area contributed by atoms with E-state index in [4.69, 9.17) is 0 Å². The summed E-state index contributed by atoms with van der Waals surface area (Å²) in [5.74, 6) is -0.459. The number of imide groups is 1. The molecule has 1 aliphatic carbocycles. The van der Waals surface area contributed by atoms with Crippen LogP contribution in [0.25, 0.3) is 0 Å². The number of hydrogen-bond donors (Lipinski definition) is 1. The first-order chi connectivity index (χ1) is 15.7. The van der Waals surface area contributed by atoms with E-state index in [0.717, 1.165) is 32.7 Å². The Hall–Kier alpha value is -2.84. The Kier molecular flexibility index (Phi) is 6.76. The number of Topliss-reactive ketones (excluding diaryl/α,β-unsaturated/α-hetero) is 2. The van der Waals surface area contributed by atoms with Gasteiger partial charge in [-0.25, -0.2) is 4.90 Å². The van der Waals surface area contributed by atoms with Gasteiger partial charge in [-0.15, -0.1) is 0 Å². The molecule has 3 aliphatic rings. The Labute approximate surface area is 194 Å². The Morgan fingerprint density at radius 2 is 1.61 bits per heavy atom. The van der Waals surface area contributed by atoms with Crippen molar-refractivity contribution in [1.29, 1.82) is 0 Å². The second kappa shape index (κ2) is 9.57. The van der Waals surface area contributed by atoms with Crippen molar-refractivity contribution in [3.05, 3.63) is 42.1 Å². The van der Waals surface area contributed by atoms with E-state index in [1.165, 1.54) is 4.90 Å². The quantitative estimate of drug-likeness (QED) is 0.302. The van der Waals surface area contributed by atoms with Gasteiger partial charge in [-0.3, -0.25) is 29.0 Å². The number of piperazine rings is 1. The molecule has 2 heterocycles. The van der Waals surface area contributed by atoms with Gasteiger partial charge < -0.3 is 5.32 Å². The van der Waals surface area contributed by atoms with Crippen LogP contribution in [0.5, 0.6) is 0 Å². The molecule has 1 aromatic carbocycles. The van der Waals surface area contributed by atoms with Crippen molar-refractivity contribution >= 4 is 29.1 Å². The van der Waals surface area contributed by atoms with Crippen LogP contribution >= 0.6 is 0 Å². The lowest BCUT2D eigenvalue weighted by Crippen LogP contribution is -2.53. The number of carbonyl (C=O) groups is 4. The normalized spacial score (nSPS) is 24.5. The molecule has 0 bridgehead atoms. The topological polar surface area (TPSA) is 90.0 Å². The van der Waals surface area contributed by atoms with E-state index in [9.17, 15) is 19.2 Å². The lowest BCUT2D eigenvalue weighted by atomic mass is 9.74. The number of rotatable bonds is 6. The van der Waals surface area contributed by atoms with E-state index in [2.05, 4.69) is 15.1 Å². The molecular formula is C25H32N4O4. The molecule has 3 fully saturated rings. The summed E-state index contributed by atoms with van der Waals surface area (Å²) in [7, 11) is 0. The van der Waals surface area contributed by atoms with Gasteiger partial charge in [-0.1, -0.05) is 32.0 Å². The van der Waals surface area contributed by atoms with E-state index in [-0.39, 0.29) is 40.8 Å². The molecule has 2 aliphatic heterocycles. The summed E-state index contributed by atoms with van der Waals surface area (Å²) in [6.07, 6.45) is 2.61. The van der Waals surface area contributed by atoms with Crippen LogP contribution in [-0.4, -0.2) is 78.5 Å². The van der Waals surface area contributed by atoms with Gasteiger partial charge >= 0.3 is 0 Å². The third-order valence-electron chi connectivity index (χ3n) is 6.68. The molecule has 0 spiro atoms. The van der Waals surface area contributed by atoms with Crippen molar-refractivity contribution in [1.82, 2.24) is 15.1 Å². The lowest BCUT2D eigenvalue weighted by Gasteiger charge is -2.37. The van der Waals surface area contributed by atoms with Crippen molar-refractivity contribution in [2.24, 2.45) is 5.41 Å². The summed E-state index contributed by atoms with van der Waals surface area (Å²) in [4.78, 5) is 55.6. The maximum absolute atomic E-state index is 12.9. The number of ketones is 2. The molecule has 8 nitrogen and oxygen atoms in total. The highest BCUT2D eigenvalue weighted by molar-refractivity contribution is 6.22. The number of anilines is 1. The fourth-order valence-electron chi connectivity index (χ4n) is 4.88. The summed E-state index contributed by atoms with van der Waals surface area (Å²) >= 11 is 0. The maximum Gasteiger partial charge on any atom is 0.251 e. The molecule has 8 heteroatoms. The van der Waals surface area contributed by atoms with Crippen molar-refractivity contribution < 1.29 is 19.2 Å². The SMILES string of the molecule is CC1(C)CC(=O)C(=CNCCN2CCN(C3CC(=O)N(c4ccccc4)C3=O)CC2)C(=O)C1. The summed E-state index contributed by atoms with van der Waals surface area (Å²) in [5.41, 5.74) is 0.660. The number of allylic oxidation sites excluding steroid dienone is 1. The smallest absolute Gasteiger partial charge is 0.251 e. The molecule has 176 valence electrons. The molecule has 1 aromatic rings. The van der Waals surface area contributed by atoms with E-state index in [1.54, 1.807) is 18.3 Å². The zero-order valence-electron chi connectivity index (χ0n) is 19.4. The van der Waals surface area contributed by atoms with Gasteiger partial charge in [-0.05, 0) is 17.5 Å². The Morgan fingerprint density at radius 3 is 2.24 bits per heavy atom. The highest BCUT2D eigenvalue weighted by Gasteiger charge is 2.43. The van der Waals surface area contributed by atoms with Gasteiger partial charge in [0.1, 0.15) is 0 Å². The molecule has 33 heavy (non-hydrogen) atoms. The molecule has 2 saturated heterocycles.